The van der Waals surface area contributed by atoms with E-state index in [2.05, 4.69) is 6.07 Å². The van der Waals surface area contributed by atoms with Crippen molar-refractivity contribution in [1.29, 1.82) is 0 Å². The third-order valence-electron chi connectivity index (χ3n) is 13.7. The van der Waals surface area contributed by atoms with Crippen molar-refractivity contribution in [3.63, 3.8) is 0 Å². The molecule has 12 aromatic rings. The summed E-state index contributed by atoms with van der Waals surface area (Å²) in [5.74, 6) is 0. The van der Waals surface area contributed by atoms with Gasteiger partial charge in [0.05, 0.1) is 21.9 Å². The zero-order valence-electron chi connectivity index (χ0n) is 50.1. The molecule has 2 nitrogen and oxygen atoms in total. The zero-order chi connectivity index (χ0) is 57.6. The van der Waals surface area contributed by atoms with E-state index in [0.717, 1.165) is 61.0 Å². The summed E-state index contributed by atoms with van der Waals surface area (Å²) >= 11 is 0. The Labute approximate surface area is 430 Å². The van der Waals surface area contributed by atoms with E-state index in [1.165, 1.54) is 4.90 Å². The van der Waals surface area contributed by atoms with Gasteiger partial charge in [-0.1, -0.05) is 225 Å². The van der Waals surface area contributed by atoms with Crippen LogP contribution in [0.2, 0.25) is 0 Å². The second kappa shape index (κ2) is 17.4. The Bertz CT molecular complexity index is 4680. The predicted octanol–water partition coefficient (Wildman–Crippen LogP) is 18.5. The topological polar surface area (TPSA) is 16.4 Å². The third-order valence-corrected chi connectivity index (χ3v) is 13.7. The molecule has 0 atom stereocenters. The van der Waals surface area contributed by atoms with Gasteiger partial charge in [-0.25, -0.2) is 0 Å². The summed E-state index contributed by atoms with van der Waals surface area (Å²) in [6.45, 7) is 0.666. The van der Waals surface area contributed by atoms with Crippen LogP contribution in [0.4, 0.5) is 11.4 Å². The quantitative estimate of drug-likeness (QED) is 0.100. The maximum atomic E-state index is 10.0. The molecular formula is C69H47NO. The first-order valence-electron chi connectivity index (χ1n) is 29.5. The number of anilines is 2. The van der Waals surface area contributed by atoms with Crippen molar-refractivity contribution < 1.29 is 20.9 Å². The van der Waals surface area contributed by atoms with Crippen molar-refractivity contribution >= 4 is 60.9 Å². The number of nitrogens with zero attached hydrogens (tertiary/aromatic N) is 1. The molecule has 0 radical (unpaired) electrons. The molecule has 1 aliphatic rings. The van der Waals surface area contributed by atoms with Crippen molar-refractivity contribution in [1.82, 2.24) is 0 Å². The van der Waals surface area contributed by atoms with Crippen LogP contribution in [0.1, 0.15) is 44.3 Å². The van der Waals surface area contributed by atoms with Gasteiger partial charge in [0.25, 0.3) is 0 Å². The highest BCUT2D eigenvalue weighted by atomic mass is 16.3. The molecule has 0 N–H and O–H groups in total. The second-order valence-corrected chi connectivity index (χ2v) is 17.5. The standard InChI is InChI=1S/C69H47NO/c1-2-53(25-17-19-47-35-37-49(38-36-47)63-45-50-20-9-10-26-56(50)58-27-11-12-28-59(58)63)70(54-41-39-48(40-42-54)57-31-18-34-67-68(57)62-30-14-16-33-66(62)71-67)55-43-44-61-60-29-13-15-32-64(60)69(65(61)46-55,51-21-5-3-6-22-51)52-23-7-4-8-24-52/h2-46H,1H2/b19-17+,53-25+/i1D,2D,17D,25D,35D,36D,37D,38D,39D,40D,41D,42D/b2-1?,19-17+,53-25+. The highest BCUT2D eigenvalue weighted by Gasteiger charge is 2.46. The fourth-order valence-electron chi connectivity index (χ4n) is 10.6. The number of allylic oxidation sites excluding steroid dienone is 3. The summed E-state index contributed by atoms with van der Waals surface area (Å²) in [7, 11) is 0. The molecule has 2 heteroatoms. The number of para-hydroxylation sites is 1. The minimum atomic E-state index is -0.994. The molecule has 0 saturated carbocycles. The lowest BCUT2D eigenvalue weighted by molar-refractivity contribution is 0.669. The minimum absolute atomic E-state index is 0.0271. The molecule has 0 spiro atoms. The van der Waals surface area contributed by atoms with Crippen LogP contribution in [0.15, 0.2) is 283 Å². The Morgan fingerprint density at radius 1 is 0.493 bits per heavy atom. The largest absolute Gasteiger partial charge is 0.456 e. The molecule has 0 aliphatic heterocycles. The zero-order valence-corrected chi connectivity index (χ0v) is 38.1. The molecule has 334 valence electrons. The van der Waals surface area contributed by atoms with Crippen molar-refractivity contribution in [2.75, 3.05) is 4.90 Å². The normalized spacial score (nSPS) is 15.9. The predicted molar refractivity (Wildman–Crippen MR) is 299 cm³/mol. The smallest absolute Gasteiger partial charge is 0.136 e. The monoisotopic (exact) mass is 917 g/mol. The van der Waals surface area contributed by atoms with Gasteiger partial charge in [0.2, 0.25) is 0 Å². The molecular weight excluding hydrogens is 859 g/mol. The molecule has 13 rings (SSSR count). The number of rotatable bonds is 10. The van der Waals surface area contributed by atoms with Crippen LogP contribution in [0, 0.1) is 0 Å². The molecule has 1 aromatic heterocycles. The Kier molecular flexibility index (Phi) is 7.59. The van der Waals surface area contributed by atoms with Crippen LogP contribution in [0.3, 0.4) is 0 Å². The van der Waals surface area contributed by atoms with Crippen molar-refractivity contribution in [2.45, 2.75) is 5.41 Å². The van der Waals surface area contributed by atoms with E-state index in [4.69, 9.17) is 5.79 Å². The van der Waals surface area contributed by atoms with E-state index in [1.54, 1.807) is 24.3 Å². The van der Waals surface area contributed by atoms with E-state index >= 15 is 0 Å². The van der Waals surface area contributed by atoms with Crippen molar-refractivity contribution in [2.24, 2.45) is 0 Å². The van der Waals surface area contributed by atoms with E-state index in [-0.39, 0.29) is 40.1 Å². The van der Waals surface area contributed by atoms with Crippen LogP contribution in [0.5, 0.6) is 0 Å². The van der Waals surface area contributed by atoms with E-state index in [9.17, 15) is 15.1 Å². The van der Waals surface area contributed by atoms with E-state index < -0.39 is 65.5 Å². The van der Waals surface area contributed by atoms with Gasteiger partial charge in [0.1, 0.15) is 11.2 Å². The van der Waals surface area contributed by atoms with Crippen LogP contribution in [0.25, 0.3) is 82.9 Å². The first-order chi connectivity index (χ1) is 40.3. The summed E-state index contributed by atoms with van der Waals surface area (Å²) in [5, 5.41) is 4.67. The molecule has 1 aliphatic carbocycles. The first kappa shape index (κ1) is 31.0. The number of fused-ring (bicyclic) bond motifs is 9. The first-order valence-corrected chi connectivity index (χ1v) is 23.4. The van der Waals surface area contributed by atoms with Gasteiger partial charge in [-0.05, 0) is 137 Å². The Morgan fingerprint density at radius 3 is 1.87 bits per heavy atom. The average Bonchev–Trinajstić information content (AvgIpc) is 3.00. The lowest BCUT2D eigenvalue weighted by Gasteiger charge is -2.35. The lowest BCUT2D eigenvalue weighted by atomic mass is 9.67. The van der Waals surface area contributed by atoms with E-state index in [1.807, 2.05) is 170 Å². The van der Waals surface area contributed by atoms with Gasteiger partial charge in [0.15, 0.2) is 0 Å². The van der Waals surface area contributed by atoms with Gasteiger partial charge < -0.3 is 9.32 Å². The van der Waals surface area contributed by atoms with E-state index in [0.29, 0.717) is 39.6 Å². The average molecular weight is 918 g/mol. The fourth-order valence-corrected chi connectivity index (χ4v) is 10.6. The van der Waals surface area contributed by atoms with Crippen LogP contribution < -0.4 is 4.90 Å². The van der Waals surface area contributed by atoms with Crippen molar-refractivity contribution in [3.8, 4) is 33.4 Å². The SMILES string of the molecule is [2H]C=C([2H])/C(=C([2H])\C([2H])=C\c1c([2H])c([2H])c(-c2cc3ccccc3c3ccccc23)c([2H])c1[2H])N(c1ccc2c(c1)C(c1ccccc1)(c1ccccc1)c1ccccc1-2)c1c([2H])c([2H])c(-c2cccc3oc4ccccc4c23)c([2H])c1[2H]. The van der Waals surface area contributed by atoms with Crippen molar-refractivity contribution in [3.05, 3.63) is 307 Å². The van der Waals surface area contributed by atoms with Gasteiger partial charge in [0, 0.05) is 27.8 Å². The number of benzene rings is 11. The van der Waals surface area contributed by atoms with Gasteiger partial charge in [-0.3, -0.25) is 0 Å². The summed E-state index contributed by atoms with van der Waals surface area (Å²) < 4.78 is 122. The molecule has 1 heterocycles. The van der Waals surface area contributed by atoms with Crippen LogP contribution in [-0.4, -0.2) is 0 Å². The maximum absolute atomic E-state index is 10.0. The molecule has 0 amide bonds. The van der Waals surface area contributed by atoms with Crippen LogP contribution >= 0.6 is 0 Å². The molecule has 0 fully saturated rings. The Morgan fingerprint density at radius 2 is 1.10 bits per heavy atom. The van der Waals surface area contributed by atoms with Crippen LogP contribution in [-0.2, 0) is 5.41 Å². The Balaban J connectivity index is 1.07. The second-order valence-electron chi connectivity index (χ2n) is 17.5. The van der Waals surface area contributed by atoms with Gasteiger partial charge in [-0.15, -0.1) is 0 Å². The summed E-state index contributed by atoms with van der Waals surface area (Å²) in [6, 6.07) is 57.3. The molecule has 0 unspecified atom stereocenters. The highest BCUT2D eigenvalue weighted by molar-refractivity contribution is 6.14. The maximum Gasteiger partial charge on any atom is 0.136 e. The Hall–Kier alpha value is -9.24. The lowest BCUT2D eigenvalue weighted by Crippen LogP contribution is -2.28. The summed E-state index contributed by atoms with van der Waals surface area (Å²) in [6.07, 6.45) is 1.03. The molecule has 71 heavy (non-hydrogen) atoms. The minimum Gasteiger partial charge on any atom is -0.456 e. The number of furan rings is 1. The molecule has 0 bridgehead atoms. The molecule has 11 aromatic carbocycles. The number of hydrogen-bond donors (Lipinski definition) is 0. The summed E-state index contributed by atoms with van der Waals surface area (Å²) in [4.78, 5) is 1.24. The fraction of sp³-hybridized carbons (Fsp3) is 0.0145. The van der Waals surface area contributed by atoms with Gasteiger partial charge in [-0.2, -0.15) is 0 Å². The summed E-state index contributed by atoms with van der Waals surface area (Å²) in [5.41, 5.74) is 5.24. The molecule has 0 saturated heterocycles. The number of hydrogen-bond acceptors (Lipinski definition) is 2. The third kappa shape index (κ3) is 6.95. The highest BCUT2D eigenvalue weighted by Crippen LogP contribution is 2.57. The van der Waals surface area contributed by atoms with Gasteiger partial charge >= 0.3 is 0 Å².